The third kappa shape index (κ3) is 4.87. The van der Waals surface area contributed by atoms with Gasteiger partial charge in [0.15, 0.2) is 17.9 Å². The third-order valence-electron chi connectivity index (χ3n) is 2.58. The van der Waals surface area contributed by atoms with Gasteiger partial charge in [0.2, 0.25) is 0 Å². The molecule has 0 aliphatic heterocycles. The molecule has 0 fully saturated rings. The van der Waals surface area contributed by atoms with Gasteiger partial charge in [0.05, 0.1) is 17.6 Å². The van der Waals surface area contributed by atoms with Crippen molar-refractivity contribution in [3.63, 3.8) is 0 Å². The van der Waals surface area contributed by atoms with E-state index in [0.29, 0.717) is 23.9 Å². The number of rotatable bonds is 9. The van der Waals surface area contributed by atoms with E-state index in [1.165, 1.54) is 31.0 Å². The number of hydrogen-bond acceptors (Lipinski definition) is 5. The fourth-order valence-electron chi connectivity index (χ4n) is 1.68. The van der Waals surface area contributed by atoms with Gasteiger partial charge in [-0.3, -0.25) is 0 Å². The van der Waals surface area contributed by atoms with Crippen LogP contribution in [0.15, 0.2) is 17.0 Å². The summed E-state index contributed by atoms with van der Waals surface area (Å²) in [5.41, 5.74) is -0.414. The molecule has 0 atom stereocenters. The summed E-state index contributed by atoms with van der Waals surface area (Å²) in [6, 6.07) is 2.74. The van der Waals surface area contributed by atoms with Crippen LogP contribution in [-0.4, -0.2) is 43.4 Å². The first-order valence-corrected chi connectivity index (χ1v) is 7.49. The van der Waals surface area contributed by atoms with E-state index >= 15 is 0 Å². The van der Waals surface area contributed by atoms with Crippen molar-refractivity contribution in [2.24, 2.45) is 0 Å². The van der Waals surface area contributed by atoms with Crippen LogP contribution in [0.2, 0.25) is 0 Å². The lowest BCUT2D eigenvalue weighted by Crippen LogP contribution is -2.20. The van der Waals surface area contributed by atoms with Gasteiger partial charge in [-0.05, 0) is 26.0 Å². The summed E-state index contributed by atoms with van der Waals surface area (Å²) in [5, 5.41) is 8.89. The first-order chi connectivity index (χ1) is 10.0. The molecule has 7 heteroatoms. The van der Waals surface area contributed by atoms with Crippen molar-refractivity contribution in [2.45, 2.75) is 25.0 Å². The summed E-state index contributed by atoms with van der Waals surface area (Å²) in [6.07, 6.45) is -0.406. The van der Waals surface area contributed by atoms with Crippen LogP contribution in [0.5, 0.6) is 5.75 Å². The Labute approximate surface area is 127 Å². The fourth-order valence-corrected chi connectivity index (χ4v) is 2.66. The predicted octanol–water partition coefficient (Wildman–Crippen LogP) is 3.02. The van der Waals surface area contributed by atoms with E-state index in [-0.39, 0.29) is 5.75 Å². The second-order valence-corrected chi connectivity index (χ2v) is 4.98. The molecule has 0 heterocycles. The minimum absolute atomic E-state index is 0.0772. The molecular formula is C14H19FO5S. The van der Waals surface area contributed by atoms with Crippen LogP contribution in [0.3, 0.4) is 0 Å². The number of carboxylic acid groups (broad SMARTS) is 1. The molecule has 0 bridgehead atoms. The Hall–Kier alpha value is -1.31. The molecule has 1 aromatic rings. The monoisotopic (exact) mass is 318 g/mol. The highest BCUT2D eigenvalue weighted by atomic mass is 32.2. The summed E-state index contributed by atoms with van der Waals surface area (Å²) in [6.45, 7) is 4.74. The molecule has 5 nitrogen and oxygen atoms in total. The van der Waals surface area contributed by atoms with Crippen molar-refractivity contribution < 1.29 is 28.5 Å². The van der Waals surface area contributed by atoms with E-state index in [1.54, 1.807) is 0 Å². The SMILES string of the molecule is CCOC(CSc1ccc(C(=O)O)c(F)c1OC)OCC. The lowest BCUT2D eigenvalue weighted by atomic mass is 10.2. The van der Waals surface area contributed by atoms with E-state index < -0.39 is 23.6 Å². The predicted molar refractivity (Wildman–Crippen MR) is 77.7 cm³/mol. The van der Waals surface area contributed by atoms with Gasteiger partial charge in [0.1, 0.15) is 0 Å². The Morgan fingerprint density at radius 2 is 1.95 bits per heavy atom. The molecule has 118 valence electrons. The first-order valence-electron chi connectivity index (χ1n) is 6.50. The molecule has 0 aliphatic carbocycles. The van der Waals surface area contributed by atoms with Crippen LogP contribution in [0, 0.1) is 5.82 Å². The molecule has 0 saturated carbocycles. The highest BCUT2D eigenvalue weighted by Gasteiger charge is 2.20. The van der Waals surface area contributed by atoms with Gasteiger partial charge in [-0.2, -0.15) is 0 Å². The van der Waals surface area contributed by atoms with Gasteiger partial charge in [0.25, 0.3) is 0 Å². The normalized spacial score (nSPS) is 10.9. The van der Waals surface area contributed by atoms with Crippen molar-refractivity contribution in [3.8, 4) is 5.75 Å². The molecular weight excluding hydrogens is 299 g/mol. The Bertz CT molecular complexity index is 475. The van der Waals surface area contributed by atoms with Gasteiger partial charge in [-0.15, -0.1) is 11.8 Å². The molecule has 0 aromatic heterocycles. The van der Waals surface area contributed by atoms with E-state index in [1.807, 2.05) is 13.8 Å². The Balaban J connectivity index is 2.88. The first kappa shape index (κ1) is 17.7. The molecule has 1 aromatic carbocycles. The number of carbonyl (C=O) groups is 1. The number of halogens is 1. The Morgan fingerprint density at radius 1 is 1.33 bits per heavy atom. The number of thioether (sulfide) groups is 1. The second-order valence-electron chi connectivity index (χ2n) is 3.91. The molecule has 0 aliphatic rings. The maximum atomic E-state index is 14.0. The van der Waals surface area contributed by atoms with E-state index in [9.17, 15) is 9.18 Å². The molecule has 21 heavy (non-hydrogen) atoms. The zero-order chi connectivity index (χ0) is 15.8. The number of ether oxygens (including phenoxy) is 3. The van der Waals surface area contributed by atoms with E-state index in [0.717, 1.165) is 0 Å². The maximum Gasteiger partial charge on any atom is 0.338 e. The highest BCUT2D eigenvalue weighted by Crippen LogP contribution is 2.34. The zero-order valence-corrected chi connectivity index (χ0v) is 13.0. The summed E-state index contributed by atoms with van der Waals surface area (Å²) >= 11 is 1.29. The average molecular weight is 318 g/mol. The molecule has 1 N–H and O–H groups in total. The van der Waals surface area contributed by atoms with Crippen molar-refractivity contribution in [3.05, 3.63) is 23.5 Å². The van der Waals surface area contributed by atoms with Gasteiger partial charge in [-0.25, -0.2) is 9.18 Å². The standard InChI is InChI=1S/C14H19FO5S/c1-4-19-11(20-5-2)8-21-10-7-6-9(14(16)17)12(15)13(10)18-3/h6-7,11H,4-5,8H2,1-3H3,(H,16,17). The summed E-state index contributed by atoms with van der Waals surface area (Å²) in [4.78, 5) is 11.4. The van der Waals surface area contributed by atoms with Crippen molar-refractivity contribution in [1.29, 1.82) is 0 Å². The molecule has 0 unspecified atom stereocenters. The molecule has 0 amide bonds. The van der Waals surface area contributed by atoms with Crippen LogP contribution in [0.4, 0.5) is 4.39 Å². The van der Waals surface area contributed by atoms with Gasteiger partial charge >= 0.3 is 5.97 Å². The van der Waals surface area contributed by atoms with Gasteiger partial charge in [-0.1, -0.05) is 0 Å². The third-order valence-corrected chi connectivity index (χ3v) is 3.65. The maximum absolute atomic E-state index is 14.0. The van der Waals surface area contributed by atoms with E-state index in [4.69, 9.17) is 19.3 Å². The summed E-state index contributed by atoms with van der Waals surface area (Å²) in [7, 11) is 1.30. The molecule has 1 rings (SSSR count). The van der Waals surface area contributed by atoms with Crippen LogP contribution >= 0.6 is 11.8 Å². The summed E-state index contributed by atoms with van der Waals surface area (Å²) < 4.78 is 29.8. The molecule has 0 radical (unpaired) electrons. The van der Waals surface area contributed by atoms with Crippen LogP contribution in [0.1, 0.15) is 24.2 Å². The van der Waals surface area contributed by atoms with Crippen molar-refractivity contribution in [2.75, 3.05) is 26.1 Å². The minimum atomic E-state index is -1.33. The Kier molecular flexibility index (Phi) is 7.49. The van der Waals surface area contributed by atoms with Crippen LogP contribution in [-0.2, 0) is 9.47 Å². The zero-order valence-electron chi connectivity index (χ0n) is 12.2. The average Bonchev–Trinajstić information content (AvgIpc) is 2.44. The lowest BCUT2D eigenvalue weighted by molar-refractivity contribution is -0.120. The van der Waals surface area contributed by atoms with Crippen molar-refractivity contribution in [1.82, 2.24) is 0 Å². The largest absolute Gasteiger partial charge is 0.492 e. The van der Waals surface area contributed by atoms with Gasteiger partial charge < -0.3 is 19.3 Å². The smallest absolute Gasteiger partial charge is 0.338 e. The number of hydrogen-bond donors (Lipinski definition) is 1. The van der Waals surface area contributed by atoms with Crippen LogP contribution in [0.25, 0.3) is 0 Å². The number of methoxy groups -OCH3 is 1. The highest BCUT2D eigenvalue weighted by molar-refractivity contribution is 7.99. The Morgan fingerprint density at radius 3 is 2.43 bits per heavy atom. The minimum Gasteiger partial charge on any atom is -0.492 e. The van der Waals surface area contributed by atoms with E-state index in [2.05, 4.69) is 0 Å². The number of aromatic carboxylic acids is 1. The lowest BCUT2D eigenvalue weighted by Gasteiger charge is -2.17. The quantitative estimate of drug-likeness (QED) is 0.558. The fraction of sp³-hybridized carbons (Fsp3) is 0.500. The molecule has 0 spiro atoms. The topological polar surface area (TPSA) is 65.0 Å². The molecule has 0 saturated heterocycles. The van der Waals surface area contributed by atoms with Crippen molar-refractivity contribution >= 4 is 17.7 Å². The van der Waals surface area contributed by atoms with Gasteiger partial charge in [0, 0.05) is 19.0 Å². The number of benzene rings is 1. The van der Waals surface area contributed by atoms with Crippen LogP contribution < -0.4 is 4.74 Å². The number of carboxylic acids is 1. The second kappa shape index (κ2) is 8.86. The summed E-state index contributed by atoms with van der Waals surface area (Å²) in [5.74, 6) is -1.83.